The van der Waals surface area contributed by atoms with E-state index < -0.39 is 0 Å². The van der Waals surface area contributed by atoms with E-state index in [1.54, 1.807) is 6.07 Å². The molecule has 1 saturated heterocycles. The largest absolute Gasteiger partial charge is 0.378 e. The fourth-order valence-electron chi connectivity index (χ4n) is 3.26. The van der Waals surface area contributed by atoms with E-state index in [4.69, 9.17) is 10.5 Å². The van der Waals surface area contributed by atoms with Crippen LogP contribution in [0, 0.1) is 5.82 Å². The Labute approximate surface area is 113 Å². The van der Waals surface area contributed by atoms with Gasteiger partial charge in [0.25, 0.3) is 0 Å². The molecule has 0 unspecified atom stereocenters. The zero-order chi connectivity index (χ0) is 13.3. The van der Waals surface area contributed by atoms with E-state index in [0.717, 1.165) is 63.2 Å². The van der Waals surface area contributed by atoms with Crippen LogP contribution in [0.4, 0.5) is 10.1 Å². The molecule has 1 aromatic rings. The highest BCUT2D eigenvalue weighted by Crippen LogP contribution is 2.41. The summed E-state index contributed by atoms with van der Waals surface area (Å²) in [4.78, 5) is 2.27. The fraction of sp³-hybridized carbons (Fsp3) is 0.600. The molecule has 104 valence electrons. The molecule has 3 rings (SSSR count). The van der Waals surface area contributed by atoms with E-state index in [1.807, 2.05) is 6.07 Å². The summed E-state index contributed by atoms with van der Waals surface area (Å²) in [6.07, 6.45) is 4.17. The molecular formula is C15H21FN2O. The number of benzene rings is 1. The average Bonchev–Trinajstić information content (AvgIpc) is 2.88. The molecular weight excluding hydrogens is 243 g/mol. The van der Waals surface area contributed by atoms with Gasteiger partial charge in [0.1, 0.15) is 5.82 Å². The van der Waals surface area contributed by atoms with Gasteiger partial charge in [0.15, 0.2) is 0 Å². The van der Waals surface area contributed by atoms with Gasteiger partial charge in [-0.15, -0.1) is 0 Å². The van der Waals surface area contributed by atoms with Crippen LogP contribution >= 0.6 is 0 Å². The predicted molar refractivity (Wildman–Crippen MR) is 73.8 cm³/mol. The van der Waals surface area contributed by atoms with E-state index in [-0.39, 0.29) is 11.4 Å². The molecule has 1 saturated carbocycles. The van der Waals surface area contributed by atoms with Crippen molar-refractivity contribution in [3.05, 3.63) is 29.6 Å². The molecule has 3 nitrogen and oxygen atoms in total. The lowest BCUT2D eigenvalue weighted by atomic mass is 9.87. The smallest absolute Gasteiger partial charge is 0.123 e. The van der Waals surface area contributed by atoms with Crippen molar-refractivity contribution in [1.29, 1.82) is 0 Å². The molecule has 0 radical (unpaired) electrons. The van der Waals surface area contributed by atoms with Gasteiger partial charge in [-0.05, 0) is 36.6 Å². The maximum Gasteiger partial charge on any atom is 0.123 e. The molecule has 0 amide bonds. The Kier molecular flexibility index (Phi) is 3.46. The molecule has 0 atom stereocenters. The molecule has 4 heteroatoms. The van der Waals surface area contributed by atoms with Crippen molar-refractivity contribution in [2.24, 2.45) is 5.73 Å². The quantitative estimate of drug-likeness (QED) is 0.891. The molecule has 0 spiro atoms. The second kappa shape index (κ2) is 5.10. The Morgan fingerprint density at radius 1 is 1.16 bits per heavy atom. The minimum atomic E-state index is -0.351. The lowest BCUT2D eigenvalue weighted by molar-refractivity contribution is 0.122. The van der Waals surface area contributed by atoms with Crippen molar-refractivity contribution in [1.82, 2.24) is 0 Å². The van der Waals surface area contributed by atoms with E-state index in [0.29, 0.717) is 0 Å². The first-order valence-electron chi connectivity index (χ1n) is 7.11. The van der Waals surface area contributed by atoms with Crippen LogP contribution in [0.1, 0.15) is 31.2 Å². The van der Waals surface area contributed by atoms with Crippen LogP contribution in [0.2, 0.25) is 0 Å². The third-order valence-corrected chi connectivity index (χ3v) is 4.34. The van der Waals surface area contributed by atoms with Gasteiger partial charge in [0.05, 0.1) is 13.2 Å². The van der Waals surface area contributed by atoms with Gasteiger partial charge in [0, 0.05) is 24.3 Å². The Bertz CT molecular complexity index is 451. The van der Waals surface area contributed by atoms with Crippen molar-refractivity contribution in [2.45, 2.75) is 31.2 Å². The summed E-state index contributed by atoms with van der Waals surface area (Å²) >= 11 is 0. The van der Waals surface area contributed by atoms with Crippen LogP contribution in [0.3, 0.4) is 0 Å². The van der Waals surface area contributed by atoms with Gasteiger partial charge >= 0.3 is 0 Å². The van der Waals surface area contributed by atoms with E-state index >= 15 is 0 Å². The number of nitrogens with two attached hydrogens (primary N) is 1. The molecule has 0 bridgehead atoms. The van der Waals surface area contributed by atoms with E-state index in [2.05, 4.69) is 4.90 Å². The lowest BCUT2D eigenvalue weighted by Crippen LogP contribution is -2.40. The summed E-state index contributed by atoms with van der Waals surface area (Å²) in [6, 6.07) is 5.05. The minimum Gasteiger partial charge on any atom is -0.378 e. The van der Waals surface area contributed by atoms with Gasteiger partial charge in [0.2, 0.25) is 0 Å². The third kappa shape index (κ3) is 2.47. The van der Waals surface area contributed by atoms with Crippen molar-refractivity contribution >= 4 is 5.69 Å². The van der Waals surface area contributed by atoms with Crippen LogP contribution in [0.15, 0.2) is 18.2 Å². The maximum absolute atomic E-state index is 13.6. The Hall–Kier alpha value is -1.13. The SMILES string of the molecule is NC1(c2cc(F)ccc2N2CCOCC2)CCCC1. The molecule has 2 N–H and O–H groups in total. The van der Waals surface area contributed by atoms with Crippen LogP contribution in [-0.4, -0.2) is 26.3 Å². The Morgan fingerprint density at radius 3 is 2.53 bits per heavy atom. The van der Waals surface area contributed by atoms with Crippen molar-refractivity contribution < 1.29 is 9.13 Å². The van der Waals surface area contributed by atoms with Gasteiger partial charge in [-0.2, -0.15) is 0 Å². The summed E-state index contributed by atoms with van der Waals surface area (Å²) < 4.78 is 19.0. The first-order valence-corrected chi connectivity index (χ1v) is 7.11. The number of hydrogen-bond acceptors (Lipinski definition) is 3. The second-order valence-corrected chi connectivity index (χ2v) is 5.62. The van der Waals surface area contributed by atoms with Gasteiger partial charge < -0.3 is 15.4 Å². The van der Waals surface area contributed by atoms with Crippen LogP contribution in [-0.2, 0) is 10.3 Å². The van der Waals surface area contributed by atoms with Gasteiger partial charge in [-0.3, -0.25) is 0 Å². The lowest BCUT2D eigenvalue weighted by Gasteiger charge is -2.35. The minimum absolute atomic E-state index is 0.191. The Balaban J connectivity index is 1.98. The molecule has 1 aromatic carbocycles. The summed E-state index contributed by atoms with van der Waals surface area (Å²) in [5, 5.41) is 0. The first-order chi connectivity index (χ1) is 9.19. The van der Waals surface area contributed by atoms with Gasteiger partial charge in [-0.25, -0.2) is 4.39 Å². The Morgan fingerprint density at radius 2 is 1.84 bits per heavy atom. The molecule has 1 heterocycles. The van der Waals surface area contributed by atoms with Crippen LogP contribution in [0.25, 0.3) is 0 Å². The zero-order valence-electron chi connectivity index (χ0n) is 11.2. The summed E-state index contributed by atoms with van der Waals surface area (Å²) in [6.45, 7) is 3.17. The predicted octanol–water partition coefficient (Wildman–Crippen LogP) is 2.39. The monoisotopic (exact) mass is 264 g/mol. The molecule has 1 aliphatic heterocycles. The summed E-state index contributed by atoms with van der Waals surface area (Å²) in [5.74, 6) is -0.191. The highest BCUT2D eigenvalue weighted by molar-refractivity contribution is 5.57. The maximum atomic E-state index is 13.6. The van der Waals surface area contributed by atoms with Gasteiger partial charge in [-0.1, -0.05) is 12.8 Å². The number of morpholine rings is 1. The molecule has 1 aliphatic carbocycles. The average molecular weight is 264 g/mol. The highest BCUT2D eigenvalue weighted by atomic mass is 19.1. The van der Waals surface area contributed by atoms with Crippen molar-refractivity contribution in [2.75, 3.05) is 31.2 Å². The summed E-state index contributed by atoms with van der Waals surface area (Å²) in [5.41, 5.74) is 8.25. The van der Waals surface area contributed by atoms with E-state index in [1.165, 1.54) is 6.07 Å². The van der Waals surface area contributed by atoms with Crippen molar-refractivity contribution in [3.8, 4) is 0 Å². The molecule has 2 aliphatic rings. The topological polar surface area (TPSA) is 38.5 Å². The normalized spacial score (nSPS) is 22.7. The number of ether oxygens (including phenoxy) is 1. The molecule has 19 heavy (non-hydrogen) atoms. The van der Waals surface area contributed by atoms with Crippen LogP contribution in [0.5, 0.6) is 0 Å². The van der Waals surface area contributed by atoms with E-state index in [9.17, 15) is 4.39 Å². The number of hydrogen-bond donors (Lipinski definition) is 1. The second-order valence-electron chi connectivity index (χ2n) is 5.62. The number of halogens is 1. The van der Waals surface area contributed by atoms with Crippen molar-refractivity contribution in [3.63, 3.8) is 0 Å². The first kappa shape index (κ1) is 12.9. The zero-order valence-corrected chi connectivity index (χ0v) is 11.2. The summed E-state index contributed by atoms with van der Waals surface area (Å²) in [7, 11) is 0. The molecule has 2 fully saturated rings. The van der Waals surface area contributed by atoms with Crippen LogP contribution < -0.4 is 10.6 Å². The number of nitrogens with zero attached hydrogens (tertiary/aromatic N) is 1. The number of anilines is 1. The molecule has 0 aromatic heterocycles. The standard InChI is InChI=1S/C15H21FN2O/c16-12-3-4-14(18-7-9-19-10-8-18)13(11-12)15(17)5-1-2-6-15/h3-4,11H,1-2,5-10,17H2. The number of rotatable bonds is 2. The fourth-order valence-corrected chi connectivity index (χ4v) is 3.26. The third-order valence-electron chi connectivity index (χ3n) is 4.34. The highest BCUT2D eigenvalue weighted by Gasteiger charge is 2.34.